The van der Waals surface area contributed by atoms with Crippen LogP contribution in [0.2, 0.25) is 0 Å². The maximum atomic E-state index is 12.9. The van der Waals surface area contributed by atoms with Crippen molar-refractivity contribution in [2.45, 2.75) is 13.0 Å². The first kappa shape index (κ1) is 16.7. The Labute approximate surface area is 152 Å². The molecule has 2 aliphatic rings. The van der Waals surface area contributed by atoms with Gasteiger partial charge in [0.15, 0.2) is 0 Å². The van der Waals surface area contributed by atoms with Crippen molar-refractivity contribution in [1.29, 1.82) is 0 Å². The third-order valence-electron chi connectivity index (χ3n) is 4.90. The summed E-state index contributed by atoms with van der Waals surface area (Å²) in [4.78, 5) is 33.4. The Bertz CT molecular complexity index is 831. The quantitative estimate of drug-likeness (QED) is 0.827. The minimum Gasteiger partial charge on any atom is -0.378 e. The molecule has 2 aromatic rings. The average Bonchev–Trinajstić information content (AvgIpc) is 2.73. The van der Waals surface area contributed by atoms with Crippen molar-refractivity contribution in [1.82, 2.24) is 14.8 Å². The molecule has 0 aliphatic carbocycles. The molecule has 0 bridgehead atoms. The Morgan fingerprint density at radius 3 is 2.19 bits per heavy atom. The zero-order valence-corrected chi connectivity index (χ0v) is 14.6. The van der Waals surface area contributed by atoms with Gasteiger partial charge in [0.25, 0.3) is 11.8 Å². The normalized spacial score (nSPS) is 16.9. The van der Waals surface area contributed by atoms with Gasteiger partial charge in [0.2, 0.25) is 0 Å². The molecular weight excluding hydrogens is 330 g/mol. The minimum absolute atomic E-state index is 0.129. The highest BCUT2D eigenvalue weighted by atomic mass is 16.5. The number of aromatic nitrogens is 1. The van der Waals surface area contributed by atoms with Crippen molar-refractivity contribution in [3.05, 3.63) is 65.0 Å². The summed E-state index contributed by atoms with van der Waals surface area (Å²) in [5.74, 6) is -0.275. The summed E-state index contributed by atoms with van der Waals surface area (Å²) in [5.41, 5.74) is 3.10. The maximum Gasteiger partial charge on any atom is 0.272 e. The molecular formula is C20H21N3O3. The lowest BCUT2D eigenvalue weighted by Crippen LogP contribution is -2.41. The number of amides is 2. The van der Waals surface area contributed by atoms with Crippen LogP contribution in [0.15, 0.2) is 42.5 Å². The highest BCUT2D eigenvalue weighted by molar-refractivity contribution is 5.96. The SMILES string of the molecule is O=C(c1cccc(C(=O)N2CCc3ccccc3C2)n1)N1CCOCC1. The van der Waals surface area contributed by atoms with Crippen LogP contribution in [-0.4, -0.2) is 59.4 Å². The second-order valence-corrected chi connectivity index (χ2v) is 6.56. The first-order valence-corrected chi connectivity index (χ1v) is 8.92. The van der Waals surface area contributed by atoms with E-state index >= 15 is 0 Å². The second kappa shape index (κ2) is 7.25. The number of morpholine rings is 1. The molecule has 1 aromatic heterocycles. The van der Waals surface area contributed by atoms with Gasteiger partial charge in [-0.3, -0.25) is 9.59 Å². The van der Waals surface area contributed by atoms with Crippen molar-refractivity contribution in [3.8, 4) is 0 Å². The zero-order valence-electron chi connectivity index (χ0n) is 14.6. The molecule has 0 spiro atoms. The summed E-state index contributed by atoms with van der Waals surface area (Å²) in [5, 5.41) is 0. The van der Waals surface area contributed by atoms with E-state index in [0.717, 1.165) is 6.42 Å². The lowest BCUT2D eigenvalue weighted by atomic mass is 10.00. The summed E-state index contributed by atoms with van der Waals surface area (Å²) in [6.07, 6.45) is 0.842. The number of pyridine rings is 1. The maximum absolute atomic E-state index is 12.9. The van der Waals surface area contributed by atoms with Gasteiger partial charge in [-0.25, -0.2) is 4.98 Å². The van der Waals surface area contributed by atoms with E-state index in [2.05, 4.69) is 17.1 Å². The molecule has 6 nitrogen and oxygen atoms in total. The average molecular weight is 351 g/mol. The second-order valence-electron chi connectivity index (χ2n) is 6.56. The number of carbonyl (C=O) groups is 2. The molecule has 0 radical (unpaired) electrons. The number of hydrogen-bond acceptors (Lipinski definition) is 4. The van der Waals surface area contributed by atoms with Gasteiger partial charge in [0.05, 0.1) is 13.2 Å². The molecule has 3 heterocycles. The summed E-state index contributed by atoms with van der Waals surface area (Å²) < 4.78 is 5.28. The molecule has 0 N–H and O–H groups in total. The molecule has 134 valence electrons. The van der Waals surface area contributed by atoms with Gasteiger partial charge in [-0.05, 0) is 29.7 Å². The summed E-state index contributed by atoms with van der Waals surface area (Å²) >= 11 is 0. The smallest absolute Gasteiger partial charge is 0.272 e. The Morgan fingerprint density at radius 2 is 1.46 bits per heavy atom. The molecule has 1 fully saturated rings. The number of fused-ring (bicyclic) bond motifs is 1. The summed E-state index contributed by atoms with van der Waals surface area (Å²) in [6.45, 7) is 3.44. The van der Waals surface area contributed by atoms with Crippen LogP contribution >= 0.6 is 0 Å². The van der Waals surface area contributed by atoms with E-state index in [9.17, 15) is 9.59 Å². The first-order valence-electron chi connectivity index (χ1n) is 8.92. The standard InChI is InChI=1S/C20H21N3O3/c24-19(22-10-12-26-13-11-22)17-6-3-7-18(21-17)20(25)23-9-8-15-4-1-2-5-16(15)14-23/h1-7H,8-14H2. The van der Waals surface area contributed by atoms with Crippen LogP contribution in [0.5, 0.6) is 0 Å². The fourth-order valence-corrected chi connectivity index (χ4v) is 3.43. The third-order valence-corrected chi connectivity index (χ3v) is 4.90. The van der Waals surface area contributed by atoms with Gasteiger partial charge in [0, 0.05) is 26.2 Å². The van der Waals surface area contributed by atoms with E-state index in [1.165, 1.54) is 11.1 Å². The Balaban J connectivity index is 1.51. The topological polar surface area (TPSA) is 62.7 Å². The molecule has 0 atom stereocenters. The van der Waals surface area contributed by atoms with Crippen LogP contribution in [0.3, 0.4) is 0 Å². The predicted molar refractivity (Wildman–Crippen MR) is 95.8 cm³/mol. The number of hydrogen-bond donors (Lipinski definition) is 0. The molecule has 1 aromatic carbocycles. The van der Waals surface area contributed by atoms with Crippen LogP contribution in [-0.2, 0) is 17.7 Å². The monoisotopic (exact) mass is 351 g/mol. The Kier molecular flexibility index (Phi) is 4.67. The fraction of sp³-hybridized carbons (Fsp3) is 0.350. The van der Waals surface area contributed by atoms with Crippen molar-refractivity contribution < 1.29 is 14.3 Å². The molecule has 4 rings (SSSR count). The van der Waals surface area contributed by atoms with Gasteiger partial charge in [-0.15, -0.1) is 0 Å². The van der Waals surface area contributed by atoms with Gasteiger partial charge in [-0.2, -0.15) is 0 Å². The van der Waals surface area contributed by atoms with Crippen molar-refractivity contribution in [2.75, 3.05) is 32.8 Å². The van der Waals surface area contributed by atoms with Gasteiger partial charge < -0.3 is 14.5 Å². The number of carbonyl (C=O) groups excluding carboxylic acids is 2. The van der Waals surface area contributed by atoms with E-state index in [4.69, 9.17) is 4.74 Å². The van der Waals surface area contributed by atoms with Gasteiger partial charge in [-0.1, -0.05) is 30.3 Å². The van der Waals surface area contributed by atoms with Crippen molar-refractivity contribution >= 4 is 11.8 Å². The van der Waals surface area contributed by atoms with E-state index in [1.807, 2.05) is 12.1 Å². The van der Waals surface area contributed by atoms with Crippen LogP contribution in [0.4, 0.5) is 0 Å². The van der Waals surface area contributed by atoms with E-state index < -0.39 is 0 Å². The van der Waals surface area contributed by atoms with Crippen molar-refractivity contribution in [2.24, 2.45) is 0 Å². The first-order chi connectivity index (χ1) is 12.7. The van der Waals surface area contributed by atoms with E-state index in [0.29, 0.717) is 50.8 Å². The van der Waals surface area contributed by atoms with Crippen molar-refractivity contribution in [3.63, 3.8) is 0 Å². The Morgan fingerprint density at radius 1 is 0.808 bits per heavy atom. The van der Waals surface area contributed by atoms with Crippen LogP contribution in [0.1, 0.15) is 32.1 Å². The summed E-state index contributed by atoms with van der Waals surface area (Å²) in [7, 11) is 0. The molecule has 0 saturated carbocycles. The van der Waals surface area contributed by atoms with E-state index in [-0.39, 0.29) is 11.8 Å². The molecule has 2 aliphatic heterocycles. The lowest BCUT2D eigenvalue weighted by Gasteiger charge is -2.29. The van der Waals surface area contributed by atoms with Gasteiger partial charge in [0.1, 0.15) is 11.4 Å². The number of nitrogens with zero attached hydrogens (tertiary/aromatic N) is 3. The molecule has 26 heavy (non-hydrogen) atoms. The highest BCUT2D eigenvalue weighted by Gasteiger charge is 2.24. The largest absolute Gasteiger partial charge is 0.378 e. The number of ether oxygens (including phenoxy) is 1. The highest BCUT2D eigenvalue weighted by Crippen LogP contribution is 2.20. The van der Waals surface area contributed by atoms with Crippen LogP contribution < -0.4 is 0 Å². The lowest BCUT2D eigenvalue weighted by molar-refractivity contribution is 0.0299. The van der Waals surface area contributed by atoms with Crippen LogP contribution in [0, 0.1) is 0 Å². The predicted octanol–water partition coefficient (Wildman–Crippen LogP) is 1.75. The fourth-order valence-electron chi connectivity index (χ4n) is 3.43. The summed E-state index contributed by atoms with van der Waals surface area (Å²) in [6, 6.07) is 13.3. The molecule has 2 amide bonds. The molecule has 0 unspecified atom stereocenters. The molecule has 6 heteroatoms. The minimum atomic E-state index is -0.146. The number of rotatable bonds is 2. The molecule has 1 saturated heterocycles. The van der Waals surface area contributed by atoms with Gasteiger partial charge >= 0.3 is 0 Å². The van der Waals surface area contributed by atoms with E-state index in [1.54, 1.807) is 28.0 Å². The zero-order chi connectivity index (χ0) is 17.9. The third kappa shape index (κ3) is 3.32. The Hall–Kier alpha value is -2.73. The number of benzene rings is 1. The van der Waals surface area contributed by atoms with Crippen LogP contribution in [0.25, 0.3) is 0 Å².